The number of aliphatic hydroxyl groups is 1. The van der Waals surface area contributed by atoms with Crippen LogP contribution in [-0.4, -0.2) is 32.2 Å². The largest absolute Gasteiger partial charge is 0.394 e. The van der Waals surface area contributed by atoms with Crippen molar-refractivity contribution in [2.24, 2.45) is 0 Å². The number of hydrogen-bond acceptors (Lipinski definition) is 5. The third-order valence-corrected chi connectivity index (χ3v) is 4.88. The minimum Gasteiger partial charge on any atom is -0.394 e. The molecule has 156 valence electrons. The maximum Gasteiger partial charge on any atom is 0.272 e. The van der Waals surface area contributed by atoms with E-state index in [0.717, 1.165) is 11.4 Å². The molecule has 0 bridgehead atoms. The summed E-state index contributed by atoms with van der Waals surface area (Å²) in [6.45, 7) is -0.258. The number of aliphatic hydroxyl groups excluding tert-OH is 1. The number of rotatable bonds is 7. The molecule has 8 heteroatoms. The fourth-order valence-electron chi connectivity index (χ4n) is 3.09. The van der Waals surface area contributed by atoms with Gasteiger partial charge in [-0.05, 0) is 35.9 Å². The molecule has 0 aliphatic rings. The summed E-state index contributed by atoms with van der Waals surface area (Å²) in [6.07, 6.45) is 4.87. The molecule has 1 amide bonds. The highest BCUT2D eigenvalue weighted by Gasteiger charge is 2.17. The first-order chi connectivity index (χ1) is 15.1. The van der Waals surface area contributed by atoms with E-state index in [0.29, 0.717) is 16.4 Å². The van der Waals surface area contributed by atoms with Crippen LogP contribution in [0.5, 0.6) is 0 Å². The van der Waals surface area contributed by atoms with Crippen LogP contribution in [0.25, 0.3) is 5.69 Å². The average molecular weight is 434 g/mol. The Morgan fingerprint density at radius 3 is 2.68 bits per heavy atom. The van der Waals surface area contributed by atoms with E-state index in [1.807, 2.05) is 42.5 Å². The normalized spacial score (nSPS) is 11.7. The molecule has 0 aliphatic carbocycles. The van der Waals surface area contributed by atoms with Crippen LogP contribution in [-0.2, 0) is 0 Å². The maximum atomic E-state index is 12.7. The van der Waals surface area contributed by atoms with Gasteiger partial charge in [-0.3, -0.25) is 4.79 Å². The smallest absolute Gasteiger partial charge is 0.272 e. The molecule has 0 fully saturated rings. The number of para-hydroxylation sites is 1. The number of aromatic nitrogens is 3. The number of amides is 1. The van der Waals surface area contributed by atoms with Crippen molar-refractivity contribution in [3.05, 3.63) is 102 Å². The van der Waals surface area contributed by atoms with Crippen LogP contribution >= 0.6 is 11.6 Å². The molecule has 2 aromatic heterocycles. The summed E-state index contributed by atoms with van der Waals surface area (Å²) in [4.78, 5) is 21.2. The summed E-state index contributed by atoms with van der Waals surface area (Å²) in [5.74, 6) is 0.277. The van der Waals surface area contributed by atoms with Crippen molar-refractivity contribution in [3.8, 4) is 5.69 Å². The summed E-state index contributed by atoms with van der Waals surface area (Å²) in [7, 11) is 0. The van der Waals surface area contributed by atoms with Crippen LogP contribution < -0.4 is 10.6 Å². The van der Waals surface area contributed by atoms with Gasteiger partial charge in [0.1, 0.15) is 17.8 Å². The standard InChI is InChI=1S/C23H20ClN5O2/c24-17-6-4-5-16(11-17)21(14-30)28-23(31)20-13-29(15-26-20)19-9-10-25-22(12-19)27-18-7-2-1-3-8-18/h1-13,15,21,30H,14H2,(H,25,27)(H,28,31)/t21-/m1/s1. The van der Waals surface area contributed by atoms with Gasteiger partial charge in [0.15, 0.2) is 0 Å². The Kier molecular flexibility index (Phi) is 6.26. The molecular weight excluding hydrogens is 414 g/mol. The van der Waals surface area contributed by atoms with Crippen molar-refractivity contribution in [2.75, 3.05) is 11.9 Å². The lowest BCUT2D eigenvalue weighted by atomic mass is 10.1. The Bertz CT molecular complexity index is 1180. The van der Waals surface area contributed by atoms with E-state index in [1.165, 1.54) is 0 Å². The summed E-state index contributed by atoms with van der Waals surface area (Å²) < 4.78 is 1.74. The molecule has 0 saturated carbocycles. The zero-order valence-electron chi connectivity index (χ0n) is 16.4. The number of pyridine rings is 1. The number of nitrogens with one attached hydrogen (secondary N) is 2. The Morgan fingerprint density at radius 2 is 1.90 bits per heavy atom. The number of halogens is 1. The van der Waals surface area contributed by atoms with Crippen LogP contribution in [0.3, 0.4) is 0 Å². The highest BCUT2D eigenvalue weighted by Crippen LogP contribution is 2.19. The predicted molar refractivity (Wildman–Crippen MR) is 120 cm³/mol. The number of benzene rings is 2. The van der Waals surface area contributed by atoms with Crippen molar-refractivity contribution >= 4 is 29.0 Å². The third-order valence-electron chi connectivity index (χ3n) is 4.64. The zero-order valence-corrected chi connectivity index (χ0v) is 17.2. The first-order valence-electron chi connectivity index (χ1n) is 9.62. The fraction of sp³-hybridized carbons (Fsp3) is 0.0870. The van der Waals surface area contributed by atoms with E-state index in [-0.39, 0.29) is 12.3 Å². The molecule has 0 unspecified atom stereocenters. The quantitative estimate of drug-likeness (QED) is 0.407. The number of imidazole rings is 1. The number of anilines is 2. The van der Waals surface area contributed by atoms with Crippen LogP contribution in [0, 0.1) is 0 Å². The average Bonchev–Trinajstić information content (AvgIpc) is 3.29. The van der Waals surface area contributed by atoms with Crippen LogP contribution in [0.4, 0.5) is 11.5 Å². The number of hydrogen-bond donors (Lipinski definition) is 3. The number of carbonyl (C=O) groups is 1. The third kappa shape index (κ3) is 5.09. The molecule has 4 rings (SSSR count). The molecule has 7 nitrogen and oxygen atoms in total. The predicted octanol–water partition coefficient (Wildman–Crippen LogP) is 4.13. The van der Waals surface area contributed by atoms with Gasteiger partial charge < -0.3 is 20.3 Å². The molecule has 0 saturated heterocycles. The highest BCUT2D eigenvalue weighted by molar-refractivity contribution is 6.30. The van der Waals surface area contributed by atoms with Gasteiger partial charge >= 0.3 is 0 Å². The Hall–Kier alpha value is -3.68. The van der Waals surface area contributed by atoms with E-state index < -0.39 is 11.9 Å². The van der Waals surface area contributed by atoms with E-state index in [1.54, 1.807) is 47.6 Å². The van der Waals surface area contributed by atoms with E-state index >= 15 is 0 Å². The maximum absolute atomic E-state index is 12.7. The van der Waals surface area contributed by atoms with E-state index in [9.17, 15) is 9.90 Å². The van der Waals surface area contributed by atoms with Crippen LogP contribution in [0.15, 0.2) is 85.5 Å². The topological polar surface area (TPSA) is 92.1 Å². The molecule has 0 radical (unpaired) electrons. The van der Waals surface area contributed by atoms with E-state index in [4.69, 9.17) is 11.6 Å². The molecular formula is C23H20ClN5O2. The fourth-order valence-corrected chi connectivity index (χ4v) is 3.29. The lowest BCUT2D eigenvalue weighted by Crippen LogP contribution is -2.31. The molecule has 2 heterocycles. The van der Waals surface area contributed by atoms with Gasteiger partial charge in [-0.1, -0.05) is 41.9 Å². The zero-order chi connectivity index (χ0) is 21.6. The molecule has 0 spiro atoms. The molecule has 31 heavy (non-hydrogen) atoms. The van der Waals surface area contributed by atoms with Gasteiger partial charge in [0.25, 0.3) is 5.91 Å². The minimum absolute atomic E-state index is 0.231. The van der Waals surface area contributed by atoms with Gasteiger partial charge in [0.2, 0.25) is 0 Å². The number of carbonyl (C=O) groups excluding carboxylic acids is 1. The van der Waals surface area contributed by atoms with Gasteiger partial charge in [0.05, 0.1) is 18.3 Å². The highest BCUT2D eigenvalue weighted by atomic mass is 35.5. The van der Waals surface area contributed by atoms with Gasteiger partial charge in [0, 0.05) is 29.2 Å². The molecule has 2 aromatic carbocycles. The summed E-state index contributed by atoms with van der Waals surface area (Å²) in [6, 6.07) is 19.8. The first-order valence-corrected chi connectivity index (χ1v) is 10.00. The van der Waals surface area contributed by atoms with Gasteiger partial charge in [-0.15, -0.1) is 0 Å². The van der Waals surface area contributed by atoms with Crippen molar-refractivity contribution in [2.45, 2.75) is 6.04 Å². The molecule has 1 atom stereocenters. The minimum atomic E-state index is -0.584. The molecule has 0 aliphatic heterocycles. The Labute approximate surface area is 184 Å². The van der Waals surface area contributed by atoms with Crippen LogP contribution in [0.2, 0.25) is 5.02 Å². The van der Waals surface area contributed by atoms with Crippen molar-refractivity contribution in [3.63, 3.8) is 0 Å². The van der Waals surface area contributed by atoms with E-state index in [2.05, 4.69) is 20.6 Å². The van der Waals surface area contributed by atoms with Gasteiger partial charge in [-0.2, -0.15) is 0 Å². The van der Waals surface area contributed by atoms with Crippen molar-refractivity contribution in [1.29, 1.82) is 0 Å². The molecule has 3 N–H and O–H groups in total. The first kappa shape index (κ1) is 20.6. The SMILES string of the molecule is O=C(N[C@H](CO)c1cccc(Cl)c1)c1cn(-c2ccnc(Nc3ccccc3)c2)cn1. The lowest BCUT2D eigenvalue weighted by Gasteiger charge is -2.16. The monoisotopic (exact) mass is 433 g/mol. The Balaban J connectivity index is 1.49. The summed E-state index contributed by atoms with van der Waals surface area (Å²) >= 11 is 6.01. The van der Waals surface area contributed by atoms with Gasteiger partial charge in [-0.25, -0.2) is 9.97 Å². The molecule has 4 aromatic rings. The lowest BCUT2D eigenvalue weighted by molar-refractivity contribution is 0.0911. The summed E-state index contributed by atoms with van der Waals surface area (Å²) in [5, 5.41) is 16.3. The Morgan fingerprint density at radius 1 is 1.06 bits per heavy atom. The second kappa shape index (κ2) is 9.42. The second-order valence-corrected chi connectivity index (χ2v) is 7.26. The van der Waals surface area contributed by atoms with Crippen molar-refractivity contribution in [1.82, 2.24) is 19.9 Å². The number of nitrogens with zero attached hydrogens (tertiary/aromatic N) is 3. The van der Waals surface area contributed by atoms with Crippen LogP contribution in [0.1, 0.15) is 22.1 Å². The summed E-state index contributed by atoms with van der Waals surface area (Å²) in [5.41, 5.74) is 2.67. The van der Waals surface area contributed by atoms with Crippen molar-refractivity contribution < 1.29 is 9.90 Å². The second-order valence-electron chi connectivity index (χ2n) is 6.82.